The van der Waals surface area contributed by atoms with Crippen LogP contribution in [0.4, 0.5) is 14.5 Å². The van der Waals surface area contributed by atoms with E-state index in [1.807, 2.05) is 0 Å². The Morgan fingerprint density at radius 2 is 1.90 bits per heavy atom. The molecule has 0 aliphatic rings. The van der Waals surface area contributed by atoms with Gasteiger partial charge in [0.1, 0.15) is 16.5 Å². The highest BCUT2D eigenvalue weighted by Gasteiger charge is 2.20. The molecule has 21 heavy (non-hydrogen) atoms. The zero-order chi connectivity index (χ0) is 15.6. The van der Waals surface area contributed by atoms with E-state index in [0.29, 0.717) is 5.56 Å². The van der Waals surface area contributed by atoms with Gasteiger partial charge in [0.25, 0.3) is 0 Å². The first-order valence-electron chi connectivity index (χ1n) is 6.10. The third kappa shape index (κ3) is 3.37. The van der Waals surface area contributed by atoms with E-state index in [9.17, 15) is 17.2 Å². The highest BCUT2D eigenvalue weighted by molar-refractivity contribution is 7.89. The van der Waals surface area contributed by atoms with E-state index in [4.69, 9.17) is 5.73 Å². The summed E-state index contributed by atoms with van der Waals surface area (Å²) in [6.45, 7) is 1.24. The van der Waals surface area contributed by atoms with Gasteiger partial charge in [0, 0.05) is 12.1 Å². The lowest BCUT2D eigenvalue weighted by Crippen LogP contribution is -2.25. The maximum Gasteiger partial charge on any atom is 0.243 e. The summed E-state index contributed by atoms with van der Waals surface area (Å²) in [6, 6.07) is 7.56. The van der Waals surface area contributed by atoms with Crippen LogP contribution >= 0.6 is 0 Å². The number of hydrogen-bond acceptors (Lipinski definition) is 3. The van der Waals surface area contributed by atoms with E-state index in [1.54, 1.807) is 19.1 Å². The predicted octanol–water partition coefficient (Wildman–Crippen LogP) is 2.33. The zero-order valence-corrected chi connectivity index (χ0v) is 12.0. The van der Waals surface area contributed by atoms with Crippen LogP contribution in [-0.4, -0.2) is 8.42 Å². The minimum absolute atomic E-state index is 0.0539. The van der Waals surface area contributed by atoms with Crippen LogP contribution in [0, 0.1) is 18.6 Å². The number of hydrogen-bond donors (Lipinski definition) is 2. The first-order chi connectivity index (χ1) is 9.81. The van der Waals surface area contributed by atoms with Crippen molar-refractivity contribution in [2.45, 2.75) is 18.4 Å². The molecule has 4 nitrogen and oxygen atoms in total. The van der Waals surface area contributed by atoms with Gasteiger partial charge in [-0.05, 0) is 36.8 Å². The van der Waals surface area contributed by atoms with Crippen LogP contribution in [0.1, 0.15) is 11.1 Å². The minimum Gasteiger partial charge on any atom is -0.398 e. The molecule has 0 aromatic heterocycles. The van der Waals surface area contributed by atoms with Gasteiger partial charge in [0.05, 0.1) is 5.69 Å². The summed E-state index contributed by atoms with van der Waals surface area (Å²) in [5.41, 5.74) is 6.17. The molecule has 2 aromatic carbocycles. The van der Waals surface area contributed by atoms with E-state index in [1.165, 1.54) is 6.07 Å². The highest BCUT2D eigenvalue weighted by Crippen LogP contribution is 2.22. The Kier molecular flexibility index (Phi) is 4.24. The molecule has 0 amide bonds. The van der Waals surface area contributed by atoms with Crippen molar-refractivity contribution in [3.8, 4) is 0 Å². The number of halogens is 2. The Hall–Kier alpha value is -1.99. The summed E-state index contributed by atoms with van der Waals surface area (Å²) in [7, 11) is -3.91. The summed E-state index contributed by atoms with van der Waals surface area (Å²) in [5, 5.41) is 0. The number of nitrogens with one attached hydrogen (secondary N) is 1. The van der Waals surface area contributed by atoms with Gasteiger partial charge in [-0.2, -0.15) is 0 Å². The third-order valence-electron chi connectivity index (χ3n) is 2.97. The smallest absolute Gasteiger partial charge is 0.243 e. The number of sulfonamides is 1. The summed E-state index contributed by atoms with van der Waals surface area (Å²) in [6.07, 6.45) is 0. The lowest BCUT2D eigenvalue weighted by Gasteiger charge is -2.12. The molecule has 0 atom stereocenters. The average molecular weight is 312 g/mol. The van der Waals surface area contributed by atoms with Gasteiger partial charge < -0.3 is 5.73 Å². The Labute approximate surface area is 121 Å². The molecule has 0 fully saturated rings. The maximum atomic E-state index is 13.5. The Balaban J connectivity index is 2.28. The first kappa shape index (κ1) is 15.4. The van der Waals surface area contributed by atoms with Gasteiger partial charge in [-0.25, -0.2) is 21.9 Å². The molecule has 0 spiro atoms. The quantitative estimate of drug-likeness (QED) is 0.851. The van der Waals surface area contributed by atoms with Crippen LogP contribution in [-0.2, 0) is 16.6 Å². The fraction of sp³-hybridized carbons (Fsp3) is 0.143. The van der Waals surface area contributed by atoms with Crippen LogP contribution in [0.2, 0.25) is 0 Å². The second-order valence-corrected chi connectivity index (χ2v) is 6.26. The largest absolute Gasteiger partial charge is 0.398 e. The summed E-state index contributed by atoms with van der Waals surface area (Å²) in [5.74, 6) is -1.32. The number of benzene rings is 2. The molecule has 3 N–H and O–H groups in total. The SMILES string of the molecule is Cc1cccc(N)c1S(=O)(=O)NCc1cc(F)ccc1F. The van der Waals surface area contributed by atoms with Gasteiger partial charge in [-0.3, -0.25) is 0 Å². The lowest BCUT2D eigenvalue weighted by atomic mass is 10.2. The molecule has 0 unspecified atom stereocenters. The molecule has 2 rings (SSSR count). The van der Waals surface area contributed by atoms with Crippen LogP contribution in [0.15, 0.2) is 41.3 Å². The van der Waals surface area contributed by atoms with Crippen molar-refractivity contribution in [3.63, 3.8) is 0 Å². The van der Waals surface area contributed by atoms with Gasteiger partial charge >= 0.3 is 0 Å². The molecule has 2 aromatic rings. The van der Waals surface area contributed by atoms with Crippen LogP contribution in [0.5, 0.6) is 0 Å². The normalized spacial score (nSPS) is 11.6. The van der Waals surface area contributed by atoms with Crippen molar-refractivity contribution in [2.24, 2.45) is 0 Å². The fourth-order valence-corrected chi connectivity index (χ4v) is 3.33. The molecule has 0 radical (unpaired) electrons. The Bertz CT molecular complexity index is 756. The van der Waals surface area contributed by atoms with Crippen molar-refractivity contribution in [1.29, 1.82) is 0 Å². The van der Waals surface area contributed by atoms with Crippen LogP contribution in [0.3, 0.4) is 0 Å². The van der Waals surface area contributed by atoms with Crippen molar-refractivity contribution in [3.05, 3.63) is 59.2 Å². The number of aryl methyl sites for hydroxylation is 1. The van der Waals surface area contributed by atoms with Gasteiger partial charge in [0.15, 0.2) is 0 Å². The van der Waals surface area contributed by atoms with Gasteiger partial charge in [0.2, 0.25) is 10.0 Å². The van der Waals surface area contributed by atoms with Crippen LogP contribution < -0.4 is 10.5 Å². The summed E-state index contributed by atoms with van der Waals surface area (Å²) >= 11 is 0. The number of nitrogens with two attached hydrogens (primary N) is 1. The molecule has 0 saturated carbocycles. The van der Waals surface area contributed by atoms with E-state index in [2.05, 4.69) is 4.72 Å². The monoisotopic (exact) mass is 312 g/mol. The zero-order valence-electron chi connectivity index (χ0n) is 11.2. The van der Waals surface area contributed by atoms with Crippen LogP contribution in [0.25, 0.3) is 0 Å². The van der Waals surface area contributed by atoms with E-state index in [0.717, 1.165) is 18.2 Å². The summed E-state index contributed by atoms with van der Waals surface area (Å²) < 4.78 is 53.2. The molecule has 0 bridgehead atoms. The van der Waals surface area contributed by atoms with E-state index >= 15 is 0 Å². The Morgan fingerprint density at radius 1 is 1.19 bits per heavy atom. The Morgan fingerprint density at radius 3 is 2.57 bits per heavy atom. The minimum atomic E-state index is -3.91. The number of nitrogen functional groups attached to an aromatic ring is 1. The highest BCUT2D eigenvalue weighted by atomic mass is 32.2. The molecule has 112 valence electrons. The third-order valence-corrected chi connectivity index (χ3v) is 4.59. The molecule has 7 heteroatoms. The molecular weight excluding hydrogens is 298 g/mol. The molecule has 0 heterocycles. The second-order valence-electron chi connectivity index (χ2n) is 4.55. The van der Waals surface area contributed by atoms with Gasteiger partial charge in [-0.15, -0.1) is 0 Å². The van der Waals surface area contributed by atoms with Crippen molar-refractivity contribution in [1.82, 2.24) is 4.72 Å². The van der Waals surface area contributed by atoms with E-state index in [-0.39, 0.29) is 22.7 Å². The summed E-state index contributed by atoms with van der Waals surface area (Å²) in [4.78, 5) is -0.0539. The fourth-order valence-electron chi connectivity index (χ4n) is 1.97. The second kappa shape index (κ2) is 5.79. The topological polar surface area (TPSA) is 72.2 Å². The molecule has 0 saturated heterocycles. The molecule has 0 aliphatic heterocycles. The lowest BCUT2D eigenvalue weighted by molar-refractivity contribution is 0.567. The average Bonchev–Trinajstić information content (AvgIpc) is 2.39. The van der Waals surface area contributed by atoms with Gasteiger partial charge in [-0.1, -0.05) is 12.1 Å². The number of anilines is 1. The molecule has 0 aliphatic carbocycles. The standard InChI is InChI=1S/C14H14F2N2O2S/c1-9-3-2-4-13(17)14(9)21(19,20)18-8-10-7-11(15)5-6-12(10)16/h2-7,18H,8,17H2,1H3. The van der Waals surface area contributed by atoms with Crippen molar-refractivity contribution in [2.75, 3.05) is 5.73 Å². The van der Waals surface area contributed by atoms with E-state index < -0.39 is 21.7 Å². The first-order valence-corrected chi connectivity index (χ1v) is 7.58. The predicted molar refractivity (Wildman–Crippen MR) is 76.0 cm³/mol. The van der Waals surface area contributed by atoms with Crippen molar-refractivity contribution < 1.29 is 17.2 Å². The maximum absolute atomic E-state index is 13.5. The molecular formula is C14H14F2N2O2S. The number of rotatable bonds is 4. The van der Waals surface area contributed by atoms with Crippen molar-refractivity contribution >= 4 is 15.7 Å².